The van der Waals surface area contributed by atoms with Crippen LogP contribution in [0.3, 0.4) is 0 Å². The highest BCUT2D eigenvalue weighted by atomic mass is 35.5. The molecule has 2 rings (SSSR count). The van der Waals surface area contributed by atoms with Crippen molar-refractivity contribution in [3.05, 3.63) is 18.3 Å². The zero-order valence-corrected chi connectivity index (χ0v) is 14.6. The van der Waals surface area contributed by atoms with Crippen molar-refractivity contribution in [3.8, 4) is 5.75 Å². The third-order valence-electron chi connectivity index (χ3n) is 3.04. The number of pyridine rings is 1. The number of nitrogens with zero attached hydrogens (tertiary/aromatic N) is 3. The third-order valence-corrected chi connectivity index (χ3v) is 3.04. The first-order valence-corrected chi connectivity index (χ1v) is 6.22. The summed E-state index contributed by atoms with van der Waals surface area (Å²) in [5, 5.41) is 0. The average molecular weight is 345 g/mol. The van der Waals surface area contributed by atoms with Gasteiger partial charge in [-0.25, -0.2) is 4.98 Å². The summed E-state index contributed by atoms with van der Waals surface area (Å²) in [4.78, 5) is 8.95. The highest BCUT2D eigenvalue weighted by Crippen LogP contribution is 2.31. The molecule has 118 valence electrons. The quantitative estimate of drug-likeness (QED) is 0.840. The minimum absolute atomic E-state index is 0. The number of ether oxygens (including phenoxy) is 1. The third kappa shape index (κ3) is 5.52. The number of fused-ring (bicyclic) bond motifs is 1. The van der Waals surface area contributed by atoms with Gasteiger partial charge in [-0.15, -0.1) is 37.2 Å². The van der Waals surface area contributed by atoms with Crippen molar-refractivity contribution < 1.29 is 4.74 Å². The Bertz CT molecular complexity index is 380. The lowest BCUT2D eigenvalue weighted by Gasteiger charge is -2.35. The Morgan fingerprint density at radius 3 is 2.65 bits per heavy atom. The number of rotatable bonds is 4. The van der Waals surface area contributed by atoms with Gasteiger partial charge in [0.1, 0.15) is 6.10 Å². The zero-order valence-electron chi connectivity index (χ0n) is 12.1. The van der Waals surface area contributed by atoms with E-state index in [0.717, 1.165) is 37.6 Å². The van der Waals surface area contributed by atoms with Crippen molar-refractivity contribution in [1.29, 1.82) is 0 Å². The summed E-state index contributed by atoms with van der Waals surface area (Å²) in [6, 6.07) is 3.94. The van der Waals surface area contributed by atoms with Crippen LogP contribution in [0.15, 0.2) is 18.3 Å². The number of aromatic nitrogens is 1. The first kappa shape index (κ1) is 21.9. The zero-order chi connectivity index (χ0) is 12.3. The van der Waals surface area contributed by atoms with Crippen LogP contribution in [0.2, 0.25) is 0 Å². The van der Waals surface area contributed by atoms with Gasteiger partial charge in [-0.05, 0) is 32.6 Å². The van der Waals surface area contributed by atoms with Crippen molar-refractivity contribution in [1.82, 2.24) is 9.88 Å². The summed E-state index contributed by atoms with van der Waals surface area (Å²) in [5.41, 5.74) is 0. The predicted octanol–water partition coefficient (Wildman–Crippen LogP) is 2.89. The van der Waals surface area contributed by atoms with Crippen molar-refractivity contribution in [3.63, 3.8) is 0 Å². The second-order valence-electron chi connectivity index (χ2n) is 4.72. The fraction of sp³-hybridized carbons (Fsp3) is 0.615. The smallest absolute Gasteiger partial charge is 0.171 e. The molecule has 4 nitrogen and oxygen atoms in total. The fourth-order valence-electron chi connectivity index (χ4n) is 1.99. The van der Waals surface area contributed by atoms with Crippen LogP contribution in [-0.2, 0) is 0 Å². The summed E-state index contributed by atoms with van der Waals surface area (Å²) in [6.07, 6.45) is 3.15. The van der Waals surface area contributed by atoms with Gasteiger partial charge in [-0.2, -0.15) is 0 Å². The molecule has 1 atom stereocenters. The lowest BCUT2D eigenvalue weighted by atomic mass is 10.2. The molecular weight excluding hydrogens is 321 g/mol. The molecule has 1 aliphatic heterocycles. The van der Waals surface area contributed by atoms with Gasteiger partial charge in [0.15, 0.2) is 11.6 Å². The summed E-state index contributed by atoms with van der Waals surface area (Å²) in [7, 11) is 4.19. The van der Waals surface area contributed by atoms with E-state index in [-0.39, 0.29) is 43.3 Å². The molecule has 0 amide bonds. The van der Waals surface area contributed by atoms with Gasteiger partial charge in [-0.3, -0.25) is 0 Å². The molecule has 1 aliphatic rings. The van der Waals surface area contributed by atoms with Crippen LogP contribution in [0.25, 0.3) is 0 Å². The Labute approximate surface area is 140 Å². The second-order valence-corrected chi connectivity index (χ2v) is 4.72. The van der Waals surface area contributed by atoms with Gasteiger partial charge in [0.05, 0.1) is 6.54 Å². The highest BCUT2D eigenvalue weighted by molar-refractivity contribution is 5.86. The van der Waals surface area contributed by atoms with E-state index < -0.39 is 0 Å². The number of anilines is 1. The number of hydrogen-bond donors (Lipinski definition) is 0. The van der Waals surface area contributed by atoms with Crippen LogP contribution < -0.4 is 9.64 Å². The Morgan fingerprint density at radius 1 is 1.35 bits per heavy atom. The molecular formula is C13H24Cl3N3O. The van der Waals surface area contributed by atoms with E-state index >= 15 is 0 Å². The predicted molar refractivity (Wildman–Crippen MR) is 91.5 cm³/mol. The standard InChI is InChI=1S/C13H21N3O.3ClH/c1-4-11-10-16(9-8-15(2)3)13-12(17-11)6-5-7-14-13;;;/h5-7,11H,4,8-10H2,1-3H3;3*1H. The summed E-state index contributed by atoms with van der Waals surface area (Å²) >= 11 is 0. The molecule has 0 radical (unpaired) electrons. The normalized spacial score (nSPS) is 16.2. The molecule has 0 spiro atoms. The van der Waals surface area contributed by atoms with Crippen LogP contribution in [-0.4, -0.2) is 49.7 Å². The summed E-state index contributed by atoms with van der Waals surface area (Å²) < 4.78 is 5.90. The van der Waals surface area contributed by atoms with E-state index in [0.29, 0.717) is 0 Å². The van der Waals surface area contributed by atoms with Gasteiger partial charge in [-0.1, -0.05) is 6.92 Å². The molecule has 20 heavy (non-hydrogen) atoms. The SMILES string of the molecule is CCC1CN(CCN(C)C)c2ncccc2O1.Cl.Cl.Cl. The fourth-order valence-corrected chi connectivity index (χ4v) is 1.99. The Kier molecular flexibility index (Phi) is 11.3. The molecule has 0 aliphatic carbocycles. The minimum Gasteiger partial charge on any atom is -0.485 e. The maximum Gasteiger partial charge on any atom is 0.171 e. The molecule has 0 bridgehead atoms. The molecule has 0 saturated heterocycles. The largest absolute Gasteiger partial charge is 0.485 e. The van der Waals surface area contributed by atoms with Crippen LogP contribution in [0.4, 0.5) is 5.82 Å². The molecule has 1 unspecified atom stereocenters. The molecule has 7 heteroatoms. The Hall–Kier alpha value is -0.420. The van der Waals surface area contributed by atoms with E-state index in [1.165, 1.54) is 0 Å². The van der Waals surface area contributed by atoms with Crippen LogP contribution in [0.1, 0.15) is 13.3 Å². The molecule has 2 heterocycles. The van der Waals surface area contributed by atoms with Crippen molar-refractivity contribution in [2.45, 2.75) is 19.4 Å². The van der Waals surface area contributed by atoms with Gasteiger partial charge in [0.25, 0.3) is 0 Å². The average Bonchev–Trinajstić information content (AvgIpc) is 2.35. The molecule has 1 aromatic heterocycles. The van der Waals surface area contributed by atoms with Gasteiger partial charge in [0.2, 0.25) is 0 Å². The lowest BCUT2D eigenvalue weighted by Crippen LogP contribution is -2.43. The minimum atomic E-state index is 0. The molecule has 0 saturated carbocycles. The molecule has 0 fully saturated rings. The van der Waals surface area contributed by atoms with E-state index in [9.17, 15) is 0 Å². The maximum absolute atomic E-state index is 5.90. The highest BCUT2D eigenvalue weighted by Gasteiger charge is 2.25. The van der Waals surface area contributed by atoms with E-state index in [1.54, 1.807) is 0 Å². The van der Waals surface area contributed by atoms with Gasteiger partial charge >= 0.3 is 0 Å². The summed E-state index contributed by atoms with van der Waals surface area (Å²) in [5.74, 6) is 1.91. The lowest BCUT2D eigenvalue weighted by molar-refractivity contribution is 0.186. The van der Waals surface area contributed by atoms with E-state index in [1.807, 2.05) is 18.3 Å². The number of halogens is 3. The van der Waals surface area contributed by atoms with E-state index in [2.05, 4.69) is 35.8 Å². The van der Waals surface area contributed by atoms with Crippen LogP contribution in [0, 0.1) is 0 Å². The summed E-state index contributed by atoms with van der Waals surface area (Å²) in [6.45, 7) is 5.13. The van der Waals surface area contributed by atoms with Gasteiger partial charge < -0.3 is 14.5 Å². The van der Waals surface area contributed by atoms with Crippen molar-refractivity contribution in [2.75, 3.05) is 38.6 Å². The van der Waals surface area contributed by atoms with Crippen LogP contribution >= 0.6 is 37.2 Å². The Morgan fingerprint density at radius 2 is 2.05 bits per heavy atom. The van der Waals surface area contributed by atoms with E-state index in [4.69, 9.17) is 4.74 Å². The van der Waals surface area contributed by atoms with Crippen molar-refractivity contribution in [2.24, 2.45) is 0 Å². The number of likely N-dealkylation sites (N-methyl/N-ethyl adjacent to an activating group) is 1. The Balaban J connectivity index is 0. The first-order chi connectivity index (χ1) is 8.20. The molecule has 0 N–H and O–H groups in total. The maximum atomic E-state index is 5.90. The number of hydrogen-bond acceptors (Lipinski definition) is 4. The molecule has 0 aromatic carbocycles. The topological polar surface area (TPSA) is 28.6 Å². The second kappa shape index (κ2) is 10.3. The first-order valence-electron chi connectivity index (χ1n) is 6.22. The monoisotopic (exact) mass is 343 g/mol. The van der Waals surface area contributed by atoms with Crippen molar-refractivity contribution >= 4 is 43.0 Å². The van der Waals surface area contributed by atoms with Crippen LogP contribution in [0.5, 0.6) is 5.75 Å². The van der Waals surface area contributed by atoms with Gasteiger partial charge in [0, 0.05) is 19.3 Å². The molecule has 1 aromatic rings.